The van der Waals surface area contributed by atoms with E-state index in [1.807, 2.05) is 0 Å². The number of hydrogen-bond acceptors (Lipinski definition) is 5. The number of aryl methyl sites for hydroxylation is 1. The van der Waals surface area contributed by atoms with Crippen molar-refractivity contribution >= 4 is 32.4 Å². The maximum atomic E-state index is 11.0. The van der Waals surface area contributed by atoms with Crippen molar-refractivity contribution in [1.82, 2.24) is 4.98 Å². The molecule has 0 bridgehead atoms. The Bertz CT molecular complexity index is 922. The minimum absolute atomic E-state index is 0.120. The van der Waals surface area contributed by atoms with Gasteiger partial charge in [-0.1, -0.05) is 35.6 Å². The predicted molar refractivity (Wildman–Crippen MR) is 96.8 cm³/mol. The number of fused-ring (bicyclic) bond motifs is 1. The zero-order chi connectivity index (χ0) is 16.7. The van der Waals surface area contributed by atoms with Crippen LogP contribution in [0.4, 0.5) is 10.8 Å². The highest BCUT2D eigenvalue weighted by Crippen LogP contribution is 2.41. The molecule has 1 saturated heterocycles. The van der Waals surface area contributed by atoms with Crippen molar-refractivity contribution in [1.29, 1.82) is 0 Å². The second kappa shape index (κ2) is 5.87. The number of benzene rings is 2. The van der Waals surface area contributed by atoms with E-state index in [-0.39, 0.29) is 10.6 Å². The number of aromatic nitrogens is 1. The summed E-state index contributed by atoms with van der Waals surface area (Å²) in [4.78, 5) is 17.7. The van der Waals surface area contributed by atoms with Crippen molar-refractivity contribution in [3.05, 3.63) is 63.7 Å². The van der Waals surface area contributed by atoms with Crippen LogP contribution < -0.4 is 4.90 Å². The summed E-state index contributed by atoms with van der Waals surface area (Å²) in [5, 5.41) is 11.9. The summed E-state index contributed by atoms with van der Waals surface area (Å²) in [6, 6.07) is 13.7. The molecule has 1 aliphatic heterocycles. The lowest BCUT2D eigenvalue weighted by Gasteiger charge is -2.25. The lowest BCUT2D eigenvalue weighted by atomic mass is 10.00. The van der Waals surface area contributed by atoms with Gasteiger partial charge < -0.3 is 4.90 Å². The normalized spacial score (nSPS) is 17.5. The fraction of sp³-hybridized carbons (Fsp3) is 0.278. The Morgan fingerprint density at radius 3 is 2.92 bits per heavy atom. The highest BCUT2D eigenvalue weighted by Gasteiger charge is 2.29. The standard InChI is InChI=1S/C18H17N3O2S/c1-12-5-2-3-6-14(12)16-7-4-10-20(16)18-19-15-9-8-13(21(22)23)11-17(15)24-18/h2-3,5-6,8-9,11,16H,4,7,10H2,1H3. The molecule has 1 unspecified atom stereocenters. The van der Waals surface area contributed by atoms with Gasteiger partial charge >= 0.3 is 0 Å². The van der Waals surface area contributed by atoms with Crippen LogP contribution in [0.1, 0.15) is 30.0 Å². The first kappa shape index (κ1) is 15.1. The lowest BCUT2D eigenvalue weighted by molar-refractivity contribution is -0.384. The Labute approximate surface area is 143 Å². The molecular weight excluding hydrogens is 322 g/mol. The van der Waals surface area contributed by atoms with E-state index in [4.69, 9.17) is 4.98 Å². The Hall–Kier alpha value is -2.47. The molecule has 122 valence electrons. The number of thiazole rings is 1. The number of rotatable bonds is 3. The van der Waals surface area contributed by atoms with Gasteiger partial charge in [0.15, 0.2) is 5.13 Å². The zero-order valence-corrected chi connectivity index (χ0v) is 14.1. The summed E-state index contributed by atoms with van der Waals surface area (Å²) in [6.45, 7) is 3.12. The largest absolute Gasteiger partial charge is 0.341 e. The fourth-order valence-electron chi connectivity index (χ4n) is 3.42. The van der Waals surface area contributed by atoms with Gasteiger partial charge in [-0.25, -0.2) is 4.98 Å². The molecule has 3 aromatic rings. The third-order valence-corrected chi connectivity index (χ3v) is 5.67. The molecule has 0 radical (unpaired) electrons. The van der Waals surface area contributed by atoms with Gasteiger partial charge in [-0.2, -0.15) is 0 Å². The van der Waals surface area contributed by atoms with E-state index in [1.54, 1.807) is 23.5 Å². The Balaban J connectivity index is 1.73. The van der Waals surface area contributed by atoms with E-state index in [2.05, 4.69) is 36.1 Å². The van der Waals surface area contributed by atoms with Crippen LogP contribution in [0.25, 0.3) is 10.2 Å². The topological polar surface area (TPSA) is 59.3 Å². The Morgan fingerprint density at radius 1 is 1.29 bits per heavy atom. The molecule has 1 fully saturated rings. The first-order valence-electron chi connectivity index (χ1n) is 8.00. The molecule has 1 aliphatic rings. The number of nitro groups is 1. The highest BCUT2D eigenvalue weighted by molar-refractivity contribution is 7.22. The molecule has 0 spiro atoms. The maximum Gasteiger partial charge on any atom is 0.270 e. The van der Waals surface area contributed by atoms with Gasteiger partial charge in [-0.15, -0.1) is 0 Å². The quantitative estimate of drug-likeness (QED) is 0.505. The maximum absolute atomic E-state index is 11.0. The van der Waals surface area contributed by atoms with Gasteiger partial charge in [0.25, 0.3) is 5.69 Å². The van der Waals surface area contributed by atoms with Crippen molar-refractivity contribution in [3.63, 3.8) is 0 Å². The summed E-state index contributed by atoms with van der Waals surface area (Å²) in [6.07, 6.45) is 2.25. The number of anilines is 1. The van der Waals surface area contributed by atoms with E-state index >= 15 is 0 Å². The van der Waals surface area contributed by atoms with Crippen LogP contribution in [0.15, 0.2) is 42.5 Å². The molecule has 6 heteroatoms. The van der Waals surface area contributed by atoms with Crippen molar-refractivity contribution in [2.75, 3.05) is 11.4 Å². The average molecular weight is 339 g/mol. The molecule has 0 aliphatic carbocycles. The minimum atomic E-state index is -0.356. The van der Waals surface area contributed by atoms with Gasteiger partial charge in [0.05, 0.1) is 21.2 Å². The molecule has 4 rings (SSSR count). The summed E-state index contributed by atoms with van der Waals surface area (Å²) in [7, 11) is 0. The number of non-ortho nitro benzene ring substituents is 1. The van der Waals surface area contributed by atoms with Crippen LogP contribution >= 0.6 is 11.3 Å². The molecule has 24 heavy (non-hydrogen) atoms. The van der Waals surface area contributed by atoms with Crippen molar-refractivity contribution in [2.24, 2.45) is 0 Å². The summed E-state index contributed by atoms with van der Waals surface area (Å²) < 4.78 is 0.870. The van der Waals surface area contributed by atoms with Gasteiger partial charge in [-0.3, -0.25) is 10.1 Å². The third kappa shape index (κ3) is 2.53. The van der Waals surface area contributed by atoms with Crippen LogP contribution in [-0.4, -0.2) is 16.5 Å². The number of nitrogens with zero attached hydrogens (tertiary/aromatic N) is 3. The third-order valence-electron chi connectivity index (χ3n) is 4.62. The van der Waals surface area contributed by atoms with Gasteiger partial charge in [0.1, 0.15) is 0 Å². The van der Waals surface area contributed by atoms with Gasteiger partial charge in [-0.05, 0) is 37.0 Å². The molecule has 0 saturated carbocycles. The molecule has 1 atom stereocenters. The second-order valence-corrected chi connectivity index (χ2v) is 7.12. The van der Waals surface area contributed by atoms with Crippen LogP contribution in [-0.2, 0) is 0 Å². The van der Waals surface area contributed by atoms with Gasteiger partial charge in [0.2, 0.25) is 0 Å². The number of hydrogen-bond donors (Lipinski definition) is 0. The van der Waals surface area contributed by atoms with E-state index in [0.29, 0.717) is 6.04 Å². The fourth-order valence-corrected chi connectivity index (χ4v) is 4.49. The lowest BCUT2D eigenvalue weighted by Crippen LogP contribution is -2.22. The smallest absolute Gasteiger partial charge is 0.270 e. The average Bonchev–Trinajstić information content (AvgIpc) is 3.20. The summed E-state index contributed by atoms with van der Waals surface area (Å²) in [5.41, 5.74) is 3.59. The first-order valence-corrected chi connectivity index (χ1v) is 8.82. The SMILES string of the molecule is Cc1ccccc1C1CCCN1c1nc2ccc([N+](=O)[O-])cc2s1. The van der Waals surface area contributed by atoms with Gasteiger partial charge in [0, 0.05) is 18.7 Å². The van der Waals surface area contributed by atoms with Crippen LogP contribution in [0.3, 0.4) is 0 Å². The van der Waals surface area contributed by atoms with Crippen molar-refractivity contribution in [2.45, 2.75) is 25.8 Å². The predicted octanol–water partition coefficient (Wildman–Crippen LogP) is 4.85. The van der Waals surface area contributed by atoms with E-state index in [9.17, 15) is 10.1 Å². The summed E-state index contributed by atoms with van der Waals surface area (Å²) in [5.74, 6) is 0. The summed E-state index contributed by atoms with van der Waals surface area (Å²) >= 11 is 1.54. The zero-order valence-electron chi connectivity index (χ0n) is 13.3. The van der Waals surface area contributed by atoms with Crippen molar-refractivity contribution in [3.8, 4) is 0 Å². The molecular formula is C18H17N3O2S. The molecule has 1 aromatic heterocycles. The molecule has 2 aromatic carbocycles. The molecule has 0 N–H and O–H groups in total. The van der Waals surface area contributed by atoms with E-state index in [1.165, 1.54) is 17.2 Å². The molecule has 5 nitrogen and oxygen atoms in total. The highest BCUT2D eigenvalue weighted by atomic mass is 32.1. The van der Waals surface area contributed by atoms with Crippen LogP contribution in [0, 0.1) is 17.0 Å². The van der Waals surface area contributed by atoms with E-state index in [0.717, 1.165) is 34.7 Å². The second-order valence-electron chi connectivity index (χ2n) is 6.11. The monoisotopic (exact) mass is 339 g/mol. The van der Waals surface area contributed by atoms with Crippen molar-refractivity contribution < 1.29 is 4.92 Å². The van der Waals surface area contributed by atoms with Crippen LogP contribution in [0.2, 0.25) is 0 Å². The first-order chi connectivity index (χ1) is 11.6. The minimum Gasteiger partial charge on any atom is -0.341 e. The van der Waals surface area contributed by atoms with Crippen LogP contribution in [0.5, 0.6) is 0 Å². The van der Waals surface area contributed by atoms with E-state index < -0.39 is 0 Å². The molecule has 0 amide bonds. The molecule has 2 heterocycles. The number of nitro benzene ring substituents is 1. The Kier molecular flexibility index (Phi) is 3.69. The Morgan fingerprint density at radius 2 is 2.12 bits per heavy atom.